The predicted molar refractivity (Wildman–Crippen MR) is 144 cm³/mol. The summed E-state index contributed by atoms with van der Waals surface area (Å²) in [6, 6.07) is 10.2. The second-order valence-electron chi connectivity index (χ2n) is 9.42. The summed E-state index contributed by atoms with van der Waals surface area (Å²) in [6.45, 7) is 8.88. The highest BCUT2D eigenvalue weighted by atomic mass is 32.1. The average Bonchev–Trinajstić information content (AvgIpc) is 2.93. The van der Waals surface area contributed by atoms with E-state index in [0.717, 1.165) is 42.0 Å². The standard InChI is InChI=1S/C26H31N7O2S/c1-18(2)23-17-32(24-16-27-15-22(29-24)25(34)31-11-13-35-14-12-31)9-10-33(23)26(36)30-21-7-3-6-20-19(21)5-4-8-28-20/h3-8,15-16,18,23H,9-14,17H2,1-2H3,(H,30,36). The third-order valence-corrected chi connectivity index (χ3v) is 7.14. The number of thiocarbonyl (C=S) groups is 1. The maximum Gasteiger partial charge on any atom is 0.274 e. The van der Waals surface area contributed by atoms with E-state index in [0.29, 0.717) is 43.0 Å². The molecule has 1 unspecified atom stereocenters. The summed E-state index contributed by atoms with van der Waals surface area (Å²) in [5.74, 6) is 0.980. The van der Waals surface area contributed by atoms with Crippen molar-refractivity contribution in [3.63, 3.8) is 0 Å². The average molecular weight is 506 g/mol. The fraction of sp³-hybridized carbons (Fsp3) is 0.423. The predicted octanol–water partition coefficient (Wildman–Crippen LogP) is 3.04. The number of nitrogens with zero attached hydrogens (tertiary/aromatic N) is 6. The van der Waals surface area contributed by atoms with Gasteiger partial charge < -0.3 is 24.8 Å². The Bertz CT molecular complexity index is 1240. The van der Waals surface area contributed by atoms with Crippen LogP contribution in [-0.4, -0.2) is 87.8 Å². The van der Waals surface area contributed by atoms with E-state index in [9.17, 15) is 4.79 Å². The molecule has 1 atom stereocenters. The Morgan fingerprint density at radius 1 is 1.11 bits per heavy atom. The Morgan fingerprint density at radius 3 is 2.75 bits per heavy atom. The lowest BCUT2D eigenvalue weighted by Gasteiger charge is -2.45. The topological polar surface area (TPSA) is 86.7 Å². The molecule has 2 fully saturated rings. The molecule has 1 N–H and O–H groups in total. The third kappa shape index (κ3) is 5.10. The smallest absolute Gasteiger partial charge is 0.274 e. The van der Waals surface area contributed by atoms with Gasteiger partial charge in [0.15, 0.2) is 5.11 Å². The molecule has 0 spiro atoms. The molecule has 1 amide bonds. The summed E-state index contributed by atoms with van der Waals surface area (Å²) in [4.78, 5) is 32.7. The number of piperazine rings is 1. The van der Waals surface area contributed by atoms with Gasteiger partial charge in [-0.05, 0) is 42.4 Å². The first kappa shape index (κ1) is 24.3. The number of hydrogen-bond donors (Lipinski definition) is 1. The monoisotopic (exact) mass is 505 g/mol. The Kier molecular flexibility index (Phi) is 7.24. The lowest BCUT2D eigenvalue weighted by molar-refractivity contribution is 0.0298. The van der Waals surface area contributed by atoms with Crippen LogP contribution in [0.1, 0.15) is 24.3 Å². The van der Waals surface area contributed by atoms with Crippen molar-refractivity contribution in [3.05, 3.63) is 54.6 Å². The quantitative estimate of drug-likeness (QED) is 0.538. The molecule has 0 saturated carbocycles. The van der Waals surface area contributed by atoms with Crippen LogP contribution in [0.3, 0.4) is 0 Å². The Balaban J connectivity index is 1.30. The van der Waals surface area contributed by atoms with Crippen molar-refractivity contribution in [3.8, 4) is 0 Å². The molecule has 4 heterocycles. The highest BCUT2D eigenvalue weighted by Gasteiger charge is 2.32. The molecule has 3 aromatic rings. The van der Waals surface area contributed by atoms with Crippen LogP contribution < -0.4 is 10.2 Å². The van der Waals surface area contributed by atoms with Crippen LogP contribution in [0.2, 0.25) is 0 Å². The molecule has 2 aromatic heterocycles. The van der Waals surface area contributed by atoms with Crippen molar-refractivity contribution in [2.45, 2.75) is 19.9 Å². The number of carbonyl (C=O) groups is 1. The maximum absolute atomic E-state index is 12.9. The lowest BCUT2D eigenvalue weighted by Crippen LogP contribution is -2.58. The van der Waals surface area contributed by atoms with Gasteiger partial charge >= 0.3 is 0 Å². The zero-order valence-electron chi connectivity index (χ0n) is 20.6. The molecule has 2 aliphatic rings. The van der Waals surface area contributed by atoms with Crippen molar-refractivity contribution < 1.29 is 9.53 Å². The van der Waals surface area contributed by atoms with Gasteiger partial charge in [0.1, 0.15) is 11.5 Å². The van der Waals surface area contributed by atoms with Crippen molar-refractivity contribution in [1.82, 2.24) is 24.8 Å². The van der Waals surface area contributed by atoms with E-state index in [2.05, 4.69) is 45.0 Å². The SMILES string of the molecule is CC(C)C1CN(c2cncc(C(=O)N3CCOCC3)n2)CCN1C(=S)Nc1cccc2ncccc12. The number of amides is 1. The van der Waals surface area contributed by atoms with Gasteiger partial charge in [-0.1, -0.05) is 19.9 Å². The Morgan fingerprint density at radius 2 is 1.94 bits per heavy atom. The van der Waals surface area contributed by atoms with E-state index in [1.807, 2.05) is 24.3 Å². The first-order valence-electron chi connectivity index (χ1n) is 12.4. The van der Waals surface area contributed by atoms with E-state index in [1.165, 1.54) is 0 Å². The number of ether oxygens (including phenoxy) is 1. The summed E-state index contributed by atoms with van der Waals surface area (Å²) in [5.41, 5.74) is 2.26. The van der Waals surface area contributed by atoms with E-state index >= 15 is 0 Å². The third-order valence-electron chi connectivity index (χ3n) is 6.80. The van der Waals surface area contributed by atoms with Gasteiger partial charge in [0.2, 0.25) is 0 Å². The van der Waals surface area contributed by atoms with Gasteiger partial charge in [-0.2, -0.15) is 0 Å². The summed E-state index contributed by atoms with van der Waals surface area (Å²) in [7, 11) is 0. The van der Waals surface area contributed by atoms with E-state index < -0.39 is 0 Å². The summed E-state index contributed by atoms with van der Waals surface area (Å²) in [5, 5.41) is 5.21. The zero-order chi connectivity index (χ0) is 25.1. The minimum absolute atomic E-state index is 0.0957. The van der Waals surface area contributed by atoms with Crippen LogP contribution in [-0.2, 0) is 4.74 Å². The molecule has 5 rings (SSSR count). The summed E-state index contributed by atoms with van der Waals surface area (Å²) in [6.07, 6.45) is 5.09. The summed E-state index contributed by atoms with van der Waals surface area (Å²) >= 11 is 5.89. The number of anilines is 2. The van der Waals surface area contributed by atoms with E-state index in [4.69, 9.17) is 21.9 Å². The largest absolute Gasteiger partial charge is 0.378 e. The van der Waals surface area contributed by atoms with Crippen LogP contribution in [0.25, 0.3) is 10.9 Å². The van der Waals surface area contributed by atoms with Crippen LogP contribution in [0.5, 0.6) is 0 Å². The highest BCUT2D eigenvalue weighted by molar-refractivity contribution is 7.80. The number of hydrogen-bond acceptors (Lipinski definition) is 7. The molecule has 188 valence electrons. The van der Waals surface area contributed by atoms with Crippen LogP contribution in [0, 0.1) is 5.92 Å². The number of pyridine rings is 1. The molecule has 0 radical (unpaired) electrons. The van der Waals surface area contributed by atoms with E-state index in [-0.39, 0.29) is 11.9 Å². The van der Waals surface area contributed by atoms with Crippen LogP contribution in [0.4, 0.5) is 11.5 Å². The Hall–Kier alpha value is -3.37. The molecule has 9 nitrogen and oxygen atoms in total. The maximum atomic E-state index is 12.9. The number of carbonyl (C=O) groups excluding carboxylic acids is 1. The van der Waals surface area contributed by atoms with E-state index in [1.54, 1.807) is 23.5 Å². The molecular formula is C26H31N7O2S. The minimum atomic E-state index is -0.0957. The molecule has 0 aliphatic carbocycles. The molecule has 36 heavy (non-hydrogen) atoms. The number of aromatic nitrogens is 3. The fourth-order valence-electron chi connectivity index (χ4n) is 4.78. The van der Waals surface area contributed by atoms with Crippen LogP contribution >= 0.6 is 12.2 Å². The second-order valence-corrected chi connectivity index (χ2v) is 9.81. The van der Waals surface area contributed by atoms with Gasteiger partial charge in [0.05, 0.1) is 37.2 Å². The van der Waals surface area contributed by atoms with Gasteiger partial charge in [0, 0.05) is 50.0 Å². The molecule has 0 bridgehead atoms. The molecule has 10 heteroatoms. The molecular weight excluding hydrogens is 474 g/mol. The zero-order valence-corrected chi connectivity index (χ0v) is 21.4. The van der Waals surface area contributed by atoms with Crippen LogP contribution in [0.15, 0.2) is 48.9 Å². The number of fused-ring (bicyclic) bond motifs is 1. The fourth-order valence-corrected chi connectivity index (χ4v) is 5.12. The lowest BCUT2D eigenvalue weighted by atomic mass is 10.00. The molecule has 2 aliphatic heterocycles. The van der Waals surface area contributed by atoms with Crippen molar-refractivity contribution in [2.75, 3.05) is 56.2 Å². The van der Waals surface area contributed by atoms with Crippen molar-refractivity contribution in [2.24, 2.45) is 5.92 Å². The van der Waals surface area contributed by atoms with Crippen molar-refractivity contribution in [1.29, 1.82) is 0 Å². The molecule has 1 aromatic carbocycles. The second kappa shape index (κ2) is 10.7. The van der Waals surface area contributed by atoms with Gasteiger partial charge in [-0.15, -0.1) is 0 Å². The Labute approximate surface area is 216 Å². The highest BCUT2D eigenvalue weighted by Crippen LogP contribution is 2.25. The number of nitrogens with one attached hydrogen (secondary N) is 1. The van der Waals surface area contributed by atoms with Gasteiger partial charge in [0.25, 0.3) is 5.91 Å². The normalized spacial score (nSPS) is 18.5. The number of rotatable bonds is 4. The first-order chi connectivity index (χ1) is 17.5. The first-order valence-corrected chi connectivity index (χ1v) is 12.8. The van der Waals surface area contributed by atoms with Gasteiger partial charge in [-0.25, -0.2) is 4.98 Å². The summed E-state index contributed by atoms with van der Waals surface area (Å²) < 4.78 is 5.37. The number of benzene rings is 1. The van der Waals surface area contributed by atoms with Crippen molar-refractivity contribution >= 4 is 45.6 Å². The molecule has 2 saturated heterocycles. The number of morpholine rings is 1. The minimum Gasteiger partial charge on any atom is -0.378 e. The van der Waals surface area contributed by atoms with Gasteiger partial charge in [-0.3, -0.25) is 14.8 Å².